The van der Waals surface area contributed by atoms with Gasteiger partial charge in [0.1, 0.15) is 11.5 Å². The number of carbonyl (C=O) groups excluding carboxylic acids is 2. The monoisotopic (exact) mass is 328 g/mol. The minimum atomic E-state index is -0.225. The van der Waals surface area contributed by atoms with Crippen LogP contribution >= 0.6 is 0 Å². The SMILES string of the molecule is Cc1cc(C)c(NC(=O)CN(C)C(=O)c2cc(C)oc2C)c(C)c1. The number of nitrogens with one attached hydrogen (secondary N) is 1. The first-order valence-electron chi connectivity index (χ1n) is 7.89. The summed E-state index contributed by atoms with van der Waals surface area (Å²) in [5, 5.41) is 2.91. The number of furan rings is 1. The molecule has 1 aromatic carbocycles. The van der Waals surface area contributed by atoms with Gasteiger partial charge in [0.25, 0.3) is 5.91 Å². The molecule has 5 heteroatoms. The maximum absolute atomic E-state index is 12.4. The topological polar surface area (TPSA) is 62.6 Å². The van der Waals surface area contributed by atoms with Crippen LogP contribution in [0.5, 0.6) is 0 Å². The van der Waals surface area contributed by atoms with Gasteiger partial charge < -0.3 is 14.6 Å². The summed E-state index contributed by atoms with van der Waals surface area (Å²) in [5.74, 6) is 0.796. The van der Waals surface area contributed by atoms with E-state index in [4.69, 9.17) is 4.42 Å². The van der Waals surface area contributed by atoms with Crippen molar-refractivity contribution in [2.75, 3.05) is 18.9 Å². The summed E-state index contributed by atoms with van der Waals surface area (Å²) in [6.45, 7) is 9.46. The molecule has 0 radical (unpaired) electrons. The van der Waals surface area contributed by atoms with E-state index in [-0.39, 0.29) is 18.4 Å². The molecular weight excluding hydrogens is 304 g/mol. The van der Waals surface area contributed by atoms with Crippen molar-refractivity contribution in [3.8, 4) is 0 Å². The standard InChI is InChI=1S/C19H24N2O3/c1-11-7-12(2)18(13(3)8-11)20-17(22)10-21(6)19(23)16-9-14(4)24-15(16)5/h7-9H,10H2,1-6H3,(H,20,22). The van der Waals surface area contributed by atoms with E-state index in [2.05, 4.69) is 5.32 Å². The zero-order chi connectivity index (χ0) is 18.0. The summed E-state index contributed by atoms with van der Waals surface area (Å²) in [4.78, 5) is 26.1. The number of benzene rings is 1. The summed E-state index contributed by atoms with van der Waals surface area (Å²) >= 11 is 0. The molecule has 24 heavy (non-hydrogen) atoms. The predicted octanol–water partition coefficient (Wildman–Crippen LogP) is 3.53. The average molecular weight is 328 g/mol. The van der Waals surface area contributed by atoms with Gasteiger partial charge in [-0.3, -0.25) is 9.59 Å². The van der Waals surface area contributed by atoms with Crippen LogP contribution in [0.25, 0.3) is 0 Å². The van der Waals surface area contributed by atoms with Crippen LogP contribution in [0.2, 0.25) is 0 Å². The lowest BCUT2D eigenvalue weighted by Gasteiger charge is -2.18. The smallest absolute Gasteiger partial charge is 0.257 e. The molecule has 0 saturated heterocycles. The Kier molecular flexibility index (Phi) is 5.12. The Bertz CT molecular complexity index is 767. The minimum absolute atomic E-state index is 0.0186. The van der Waals surface area contributed by atoms with Gasteiger partial charge in [0, 0.05) is 12.7 Å². The summed E-state index contributed by atoms with van der Waals surface area (Å²) < 4.78 is 5.38. The quantitative estimate of drug-likeness (QED) is 0.934. The first kappa shape index (κ1) is 17.8. The molecule has 2 rings (SSSR count). The fourth-order valence-electron chi connectivity index (χ4n) is 2.89. The molecule has 0 unspecified atom stereocenters. The molecular formula is C19H24N2O3. The molecule has 0 bridgehead atoms. The Labute approximate surface area is 142 Å². The van der Waals surface area contributed by atoms with Crippen molar-refractivity contribution < 1.29 is 14.0 Å². The van der Waals surface area contributed by atoms with Gasteiger partial charge in [-0.2, -0.15) is 0 Å². The minimum Gasteiger partial charge on any atom is -0.466 e. The van der Waals surface area contributed by atoms with Gasteiger partial charge in [-0.05, 0) is 51.8 Å². The van der Waals surface area contributed by atoms with E-state index in [1.807, 2.05) is 32.9 Å². The van der Waals surface area contributed by atoms with E-state index in [0.29, 0.717) is 17.1 Å². The summed E-state index contributed by atoms with van der Waals surface area (Å²) in [6, 6.07) is 5.74. The highest BCUT2D eigenvalue weighted by Gasteiger charge is 2.20. The number of likely N-dealkylation sites (N-methyl/N-ethyl adjacent to an activating group) is 1. The molecule has 128 valence electrons. The number of aryl methyl sites for hydroxylation is 5. The summed E-state index contributed by atoms with van der Waals surface area (Å²) in [7, 11) is 1.61. The second-order valence-electron chi connectivity index (χ2n) is 6.31. The molecule has 0 atom stereocenters. The lowest BCUT2D eigenvalue weighted by molar-refractivity contribution is -0.116. The molecule has 0 aliphatic heterocycles. The van der Waals surface area contributed by atoms with Crippen molar-refractivity contribution in [3.05, 3.63) is 52.0 Å². The van der Waals surface area contributed by atoms with Crippen LogP contribution in [0.15, 0.2) is 22.6 Å². The van der Waals surface area contributed by atoms with Crippen molar-refractivity contribution in [1.29, 1.82) is 0 Å². The summed E-state index contributed by atoms with van der Waals surface area (Å²) in [5.41, 5.74) is 4.47. The van der Waals surface area contributed by atoms with Crippen LogP contribution in [-0.4, -0.2) is 30.3 Å². The Morgan fingerprint density at radius 2 is 1.62 bits per heavy atom. The highest BCUT2D eigenvalue weighted by molar-refractivity contribution is 6.00. The third-order valence-corrected chi connectivity index (χ3v) is 3.94. The first-order chi connectivity index (χ1) is 11.2. The zero-order valence-electron chi connectivity index (χ0n) is 15.1. The zero-order valence-corrected chi connectivity index (χ0v) is 15.1. The molecule has 0 saturated carbocycles. The van der Waals surface area contributed by atoms with E-state index in [1.54, 1.807) is 27.0 Å². The highest BCUT2D eigenvalue weighted by atomic mass is 16.3. The number of amides is 2. The number of hydrogen-bond acceptors (Lipinski definition) is 3. The van der Waals surface area contributed by atoms with E-state index >= 15 is 0 Å². The van der Waals surface area contributed by atoms with E-state index in [9.17, 15) is 9.59 Å². The van der Waals surface area contributed by atoms with Crippen LogP contribution in [0.1, 0.15) is 38.6 Å². The van der Waals surface area contributed by atoms with Crippen molar-refractivity contribution in [3.63, 3.8) is 0 Å². The van der Waals surface area contributed by atoms with Crippen LogP contribution in [0.4, 0.5) is 5.69 Å². The fraction of sp³-hybridized carbons (Fsp3) is 0.368. The average Bonchev–Trinajstić information content (AvgIpc) is 2.80. The lowest BCUT2D eigenvalue weighted by Crippen LogP contribution is -2.35. The normalized spacial score (nSPS) is 10.6. The van der Waals surface area contributed by atoms with Gasteiger partial charge in [0.2, 0.25) is 5.91 Å². The number of rotatable bonds is 4. The third-order valence-electron chi connectivity index (χ3n) is 3.94. The highest BCUT2D eigenvalue weighted by Crippen LogP contribution is 2.22. The molecule has 0 aliphatic carbocycles. The van der Waals surface area contributed by atoms with Crippen LogP contribution in [-0.2, 0) is 4.79 Å². The molecule has 0 aliphatic rings. The van der Waals surface area contributed by atoms with Crippen molar-refractivity contribution in [2.45, 2.75) is 34.6 Å². The second kappa shape index (κ2) is 6.91. The maximum atomic E-state index is 12.4. The second-order valence-corrected chi connectivity index (χ2v) is 6.31. The van der Waals surface area contributed by atoms with Crippen LogP contribution in [0.3, 0.4) is 0 Å². The molecule has 2 amide bonds. The third kappa shape index (κ3) is 3.85. The Morgan fingerprint density at radius 3 is 2.12 bits per heavy atom. The number of carbonyl (C=O) groups is 2. The number of anilines is 1. The Morgan fingerprint density at radius 1 is 1.04 bits per heavy atom. The van der Waals surface area contributed by atoms with Crippen molar-refractivity contribution >= 4 is 17.5 Å². The lowest BCUT2D eigenvalue weighted by atomic mass is 10.1. The van der Waals surface area contributed by atoms with Gasteiger partial charge in [0.15, 0.2) is 0 Å². The molecule has 0 spiro atoms. The van der Waals surface area contributed by atoms with Gasteiger partial charge in [-0.15, -0.1) is 0 Å². The van der Waals surface area contributed by atoms with Gasteiger partial charge in [0.05, 0.1) is 12.1 Å². The van der Waals surface area contributed by atoms with E-state index in [1.165, 1.54) is 4.90 Å². The van der Waals surface area contributed by atoms with E-state index < -0.39 is 0 Å². The van der Waals surface area contributed by atoms with Gasteiger partial charge >= 0.3 is 0 Å². The van der Waals surface area contributed by atoms with Gasteiger partial charge in [-0.1, -0.05) is 17.7 Å². The van der Waals surface area contributed by atoms with Crippen molar-refractivity contribution in [1.82, 2.24) is 4.90 Å². The molecule has 2 aromatic rings. The van der Waals surface area contributed by atoms with Crippen LogP contribution in [0, 0.1) is 34.6 Å². The molecule has 1 heterocycles. The molecule has 5 nitrogen and oxygen atoms in total. The maximum Gasteiger partial charge on any atom is 0.257 e. The fourth-order valence-corrected chi connectivity index (χ4v) is 2.89. The number of hydrogen-bond donors (Lipinski definition) is 1. The van der Waals surface area contributed by atoms with E-state index in [0.717, 1.165) is 22.4 Å². The van der Waals surface area contributed by atoms with Crippen LogP contribution < -0.4 is 5.32 Å². The molecule has 1 aromatic heterocycles. The number of nitrogens with zero attached hydrogens (tertiary/aromatic N) is 1. The van der Waals surface area contributed by atoms with Crippen molar-refractivity contribution in [2.24, 2.45) is 0 Å². The summed E-state index contributed by atoms with van der Waals surface area (Å²) in [6.07, 6.45) is 0. The Hall–Kier alpha value is -2.56. The first-order valence-corrected chi connectivity index (χ1v) is 7.89. The Balaban J connectivity index is 2.07. The molecule has 1 N–H and O–H groups in total. The predicted molar refractivity (Wildman–Crippen MR) is 94.4 cm³/mol. The largest absolute Gasteiger partial charge is 0.466 e. The molecule has 0 fully saturated rings. The van der Waals surface area contributed by atoms with Gasteiger partial charge in [-0.25, -0.2) is 0 Å².